The summed E-state index contributed by atoms with van der Waals surface area (Å²) >= 11 is 0. The zero-order valence-electron chi connectivity index (χ0n) is 33.2. The lowest BCUT2D eigenvalue weighted by molar-refractivity contribution is 0.194. The Balaban J connectivity index is 1.31. The normalized spacial score (nSPS) is 12.4. The lowest BCUT2D eigenvalue weighted by atomic mass is 9.93. The van der Waals surface area contributed by atoms with Crippen molar-refractivity contribution in [1.82, 2.24) is 9.13 Å². The summed E-state index contributed by atoms with van der Waals surface area (Å²) in [6.45, 7) is 9.41. The van der Waals surface area contributed by atoms with Crippen molar-refractivity contribution < 1.29 is 14.9 Å². The number of phenols is 2. The molecule has 0 spiro atoms. The smallest absolute Gasteiger partial charge is 0.147 e. The van der Waals surface area contributed by atoms with Gasteiger partial charge in [-0.3, -0.25) is 0 Å². The van der Waals surface area contributed by atoms with E-state index >= 15 is 0 Å². The second-order valence-electron chi connectivity index (χ2n) is 15.4. The Morgan fingerprint density at radius 2 is 0.842 bits per heavy atom. The molecule has 2 aromatic heterocycles. The Morgan fingerprint density at radius 3 is 1.23 bits per heavy atom. The lowest BCUT2D eigenvalue weighted by Gasteiger charge is -2.25. The van der Waals surface area contributed by atoms with E-state index in [1.54, 1.807) is 7.11 Å². The molecule has 6 heteroatoms. The molecule has 0 aliphatic rings. The van der Waals surface area contributed by atoms with Crippen LogP contribution in [0.4, 0.5) is 0 Å². The SMILES string of the molecule is COCCCCP(C)c1c(-c2cc(C)cc(-n3c4ccccc4c4ccccc43)c2O)cc(C)cc1-c1cc(C)cc(-n2c3ccccc3c3ccccc32)c1O. The number of para-hydroxylation sites is 4. The molecule has 0 fully saturated rings. The zero-order valence-corrected chi connectivity index (χ0v) is 34.1. The van der Waals surface area contributed by atoms with Gasteiger partial charge in [0.1, 0.15) is 11.5 Å². The monoisotopic (exact) mass is 766 g/mol. The number of rotatable bonds is 10. The average molecular weight is 767 g/mol. The number of fused-ring (bicyclic) bond motifs is 6. The van der Waals surface area contributed by atoms with Crippen LogP contribution in [0.1, 0.15) is 29.5 Å². The van der Waals surface area contributed by atoms with E-state index < -0.39 is 7.92 Å². The number of phenolic OH excluding ortho intramolecular Hbond substituents is 2. The van der Waals surface area contributed by atoms with Gasteiger partial charge in [0.05, 0.1) is 33.4 Å². The zero-order chi connectivity index (χ0) is 39.4. The van der Waals surface area contributed by atoms with Crippen molar-refractivity contribution in [3.63, 3.8) is 0 Å². The van der Waals surface area contributed by atoms with Crippen molar-refractivity contribution in [2.24, 2.45) is 0 Å². The third kappa shape index (κ3) is 6.27. The number of unbranched alkanes of at least 4 members (excludes halogenated alkanes) is 1. The fraction of sp³-hybridized carbons (Fsp3) is 0.176. The highest BCUT2D eigenvalue weighted by Gasteiger charge is 2.26. The molecule has 2 heterocycles. The van der Waals surface area contributed by atoms with Crippen molar-refractivity contribution in [2.75, 3.05) is 26.5 Å². The standard InChI is InChI=1S/C51H47N2O3P/c1-32-28-41(39-26-33(2)30-47(49(39)54)52-43-20-10-6-16-35(43)36-17-7-11-21-44(36)52)51(57(5)25-15-14-24-56-4)42(29-32)40-27-34(3)31-48(50(40)55)53-45-22-12-8-18-37(45)38-19-9-13-23-46(38)53/h6-13,16-23,26-31,54-55H,14-15,24-25H2,1-5H3. The number of hydrogen-bond acceptors (Lipinski definition) is 3. The van der Waals surface area contributed by atoms with E-state index in [0.29, 0.717) is 0 Å². The van der Waals surface area contributed by atoms with Crippen molar-refractivity contribution in [3.8, 4) is 45.1 Å². The van der Waals surface area contributed by atoms with Gasteiger partial charge < -0.3 is 24.1 Å². The van der Waals surface area contributed by atoms with Gasteiger partial charge in [-0.1, -0.05) is 92.9 Å². The van der Waals surface area contributed by atoms with Crippen LogP contribution in [0.3, 0.4) is 0 Å². The number of ether oxygens (including phenoxy) is 1. The summed E-state index contributed by atoms with van der Waals surface area (Å²) in [5, 5.41) is 31.1. The van der Waals surface area contributed by atoms with E-state index in [0.717, 1.165) is 120 Å². The molecule has 2 N–H and O–H groups in total. The largest absolute Gasteiger partial charge is 0.505 e. The van der Waals surface area contributed by atoms with E-state index in [9.17, 15) is 10.2 Å². The fourth-order valence-electron chi connectivity index (χ4n) is 8.94. The maximum Gasteiger partial charge on any atom is 0.147 e. The van der Waals surface area contributed by atoms with Gasteiger partial charge in [-0.15, -0.1) is 0 Å². The number of aromatic nitrogens is 2. The Hall–Kier alpha value is -5.87. The molecular formula is C51H47N2O3P. The van der Waals surface area contributed by atoms with Crippen molar-refractivity contribution in [3.05, 3.63) is 150 Å². The van der Waals surface area contributed by atoms with Crippen LogP contribution in [0, 0.1) is 20.8 Å². The molecule has 1 unspecified atom stereocenters. The first-order chi connectivity index (χ1) is 27.7. The predicted molar refractivity (Wildman–Crippen MR) is 242 cm³/mol. The Morgan fingerprint density at radius 1 is 0.491 bits per heavy atom. The third-order valence-electron chi connectivity index (χ3n) is 11.4. The number of methoxy groups -OCH3 is 1. The predicted octanol–water partition coefficient (Wildman–Crippen LogP) is 12.7. The number of aromatic hydroxyl groups is 2. The van der Waals surface area contributed by atoms with Gasteiger partial charge in [0, 0.05) is 46.4 Å². The highest BCUT2D eigenvalue weighted by Crippen LogP contribution is 2.48. The summed E-state index contributed by atoms with van der Waals surface area (Å²) < 4.78 is 9.85. The first-order valence-electron chi connectivity index (χ1n) is 19.7. The van der Waals surface area contributed by atoms with Gasteiger partial charge in [0.2, 0.25) is 0 Å². The summed E-state index contributed by atoms with van der Waals surface area (Å²) in [5.74, 6) is 0.485. The quantitative estimate of drug-likeness (QED) is 0.108. The van der Waals surface area contributed by atoms with Crippen LogP contribution in [0.2, 0.25) is 0 Å². The van der Waals surface area contributed by atoms with E-state index in [2.05, 4.69) is 170 Å². The Bertz CT molecular complexity index is 2690. The molecule has 0 aliphatic heterocycles. The molecule has 9 aromatic rings. The van der Waals surface area contributed by atoms with Crippen LogP contribution in [0.15, 0.2) is 133 Å². The van der Waals surface area contributed by atoms with Gasteiger partial charge in [-0.2, -0.15) is 0 Å². The Labute approximate surface area is 335 Å². The van der Waals surface area contributed by atoms with Crippen molar-refractivity contribution in [1.29, 1.82) is 0 Å². The van der Waals surface area contributed by atoms with E-state index in [-0.39, 0.29) is 11.5 Å². The summed E-state index contributed by atoms with van der Waals surface area (Å²) in [7, 11) is 1.01. The first kappa shape index (κ1) is 36.7. The number of aryl methyl sites for hydroxylation is 3. The molecular weight excluding hydrogens is 720 g/mol. The topological polar surface area (TPSA) is 59.5 Å². The van der Waals surface area contributed by atoms with Crippen molar-refractivity contribution >= 4 is 56.8 Å². The van der Waals surface area contributed by atoms with Gasteiger partial charge in [0.25, 0.3) is 0 Å². The van der Waals surface area contributed by atoms with Crippen LogP contribution in [0.25, 0.3) is 77.2 Å². The molecule has 1 atom stereocenters. The molecule has 7 aromatic carbocycles. The second kappa shape index (κ2) is 14.9. The van der Waals surface area contributed by atoms with Crippen LogP contribution in [0.5, 0.6) is 11.5 Å². The molecule has 284 valence electrons. The molecule has 0 amide bonds. The average Bonchev–Trinajstić information content (AvgIpc) is 3.73. The third-order valence-corrected chi connectivity index (χ3v) is 13.7. The summed E-state index contributed by atoms with van der Waals surface area (Å²) in [6, 6.07) is 46.6. The van der Waals surface area contributed by atoms with Crippen LogP contribution >= 0.6 is 7.92 Å². The van der Waals surface area contributed by atoms with Crippen molar-refractivity contribution in [2.45, 2.75) is 33.6 Å². The molecule has 57 heavy (non-hydrogen) atoms. The van der Waals surface area contributed by atoms with Gasteiger partial charge in [-0.05, 0) is 128 Å². The molecule has 9 rings (SSSR count). The number of nitrogens with zero attached hydrogens (tertiary/aromatic N) is 2. The maximum atomic E-state index is 12.6. The molecule has 0 radical (unpaired) electrons. The second-order valence-corrected chi connectivity index (χ2v) is 17.7. The fourth-order valence-corrected chi connectivity index (χ4v) is 11.1. The molecule has 0 saturated carbocycles. The molecule has 0 bridgehead atoms. The number of hydrogen-bond donors (Lipinski definition) is 2. The molecule has 0 aliphatic carbocycles. The van der Waals surface area contributed by atoms with E-state index in [1.165, 1.54) is 5.30 Å². The highest BCUT2D eigenvalue weighted by atomic mass is 31.1. The van der Waals surface area contributed by atoms with E-state index in [1.807, 2.05) is 0 Å². The first-order valence-corrected chi connectivity index (χ1v) is 21.7. The minimum absolute atomic E-state index is 0.243. The molecule has 0 saturated heterocycles. The van der Waals surface area contributed by atoms with Gasteiger partial charge in [0.15, 0.2) is 0 Å². The lowest BCUT2D eigenvalue weighted by Crippen LogP contribution is -2.13. The Kier molecular flexibility index (Phi) is 9.60. The summed E-state index contributed by atoms with van der Waals surface area (Å²) in [6.07, 6.45) is 2.98. The summed E-state index contributed by atoms with van der Waals surface area (Å²) in [4.78, 5) is 0. The maximum absolute atomic E-state index is 12.6. The van der Waals surface area contributed by atoms with E-state index in [4.69, 9.17) is 4.74 Å². The van der Waals surface area contributed by atoms with Crippen LogP contribution in [-0.4, -0.2) is 45.9 Å². The van der Waals surface area contributed by atoms with Gasteiger partial charge >= 0.3 is 0 Å². The molecule has 5 nitrogen and oxygen atoms in total. The van der Waals surface area contributed by atoms with Crippen LogP contribution < -0.4 is 5.30 Å². The summed E-state index contributed by atoms with van der Waals surface area (Å²) in [5.41, 5.74) is 12.5. The highest BCUT2D eigenvalue weighted by molar-refractivity contribution is 7.65. The number of benzene rings is 7. The van der Waals surface area contributed by atoms with Crippen LogP contribution in [-0.2, 0) is 4.74 Å². The van der Waals surface area contributed by atoms with Gasteiger partial charge in [-0.25, -0.2) is 0 Å². The minimum Gasteiger partial charge on any atom is -0.505 e. The minimum atomic E-state index is -0.751.